The van der Waals surface area contributed by atoms with Gasteiger partial charge >= 0.3 is 0 Å². The molecular weight excluding hydrogens is 266 g/mol. The third kappa shape index (κ3) is 2.38. The minimum Gasteiger partial charge on any atom is -0.295 e. The molecule has 3 nitrogen and oxygen atoms in total. The molecule has 1 fully saturated rings. The number of aromatic nitrogens is 2. The third-order valence-corrected chi connectivity index (χ3v) is 5.45. The molecule has 0 radical (unpaired) electrons. The maximum atomic E-state index is 4.83. The largest absolute Gasteiger partial charge is 0.295 e. The van der Waals surface area contributed by atoms with Crippen molar-refractivity contribution < 1.29 is 0 Å². The molecule has 0 unspecified atom stereocenters. The number of hydrogen-bond acceptors (Lipinski definition) is 4. The lowest BCUT2D eigenvalue weighted by atomic mass is 9.96. The molecule has 3 heterocycles. The van der Waals surface area contributed by atoms with Crippen LogP contribution < -0.4 is 0 Å². The van der Waals surface area contributed by atoms with E-state index in [4.69, 9.17) is 4.98 Å². The van der Waals surface area contributed by atoms with Gasteiger partial charge in [0.15, 0.2) is 0 Å². The van der Waals surface area contributed by atoms with Gasteiger partial charge in [0.2, 0.25) is 0 Å². The first kappa shape index (κ1) is 12.5. The Labute approximate surface area is 123 Å². The highest BCUT2D eigenvalue weighted by Gasteiger charge is 2.29. The minimum absolute atomic E-state index is 0.616. The van der Waals surface area contributed by atoms with Crippen LogP contribution in [0, 0.1) is 0 Å². The maximum absolute atomic E-state index is 4.83. The summed E-state index contributed by atoms with van der Waals surface area (Å²) in [6, 6.07) is 6.21. The number of likely N-dealkylation sites (tertiary alicyclic amines) is 1. The first-order valence-corrected chi connectivity index (χ1v) is 8.31. The van der Waals surface area contributed by atoms with Crippen LogP contribution in [-0.4, -0.2) is 28.0 Å². The molecule has 1 aliphatic carbocycles. The molecule has 1 saturated heterocycles. The zero-order valence-corrected chi connectivity index (χ0v) is 12.4. The van der Waals surface area contributed by atoms with Crippen LogP contribution in [0.15, 0.2) is 24.4 Å². The number of pyridine rings is 1. The Morgan fingerprint density at radius 2 is 2.10 bits per heavy atom. The molecule has 0 spiro atoms. The Balaban J connectivity index is 1.36. The summed E-state index contributed by atoms with van der Waals surface area (Å²) < 4.78 is 0. The van der Waals surface area contributed by atoms with Crippen molar-refractivity contribution in [1.29, 1.82) is 0 Å². The van der Waals surface area contributed by atoms with E-state index < -0.39 is 0 Å². The van der Waals surface area contributed by atoms with E-state index in [1.54, 1.807) is 4.88 Å². The van der Waals surface area contributed by atoms with Gasteiger partial charge in [0.1, 0.15) is 5.01 Å². The molecule has 1 aliphatic heterocycles. The van der Waals surface area contributed by atoms with Crippen LogP contribution in [0.25, 0.3) is 0 Å². The van der Waals surface area contributed by atoms with Crippen molar-refractivity contribution in [3.8, 4) is 0 Å². The predicted molar refractivity (Wildman–Crippen MR) is 81.0 cm³/mol. The summed E-state index contributed by atoms with van der Waals surface area (Å²) in [5.41, 5.74) is 2.63. The molecule has 0 saturated carbocycles. The summed E-state index contributed by atoms with van der Waals surface area (Å²) in [5, 5.41) is 1.32. The molecule has 104 valence electrons. The molecule has 0 amide bonds. The average Bonchev–Trinajstić information content (AvgIpc) is 2.86. The van der Waals surface area contributed by atoms with Crippen LogP contribution in [0.1, 0.15) is 40.0 Å². The molecule has 4 rings (SSSR count). The first-order chi connectivity index (χ1) is 9.88. The normalized spacial score (nSPS) is 19.6. The number of hydrogen-bond donors (Lipinski definition) is 0. The van der Waals surface area contributed by atoms with Gasteiger partial charge < -0.3 is 0 Å². The van der Waals surface area contributed by atoms with Crippen LogP contribution in [0.3, 0.4) is 0 Å². The molecule has 0 aromatic carbocycles. The van der Waals surface area contributed by atoms with Gasteiger partial charge in [-0.05, 0) is 37.8 Å². The molecule has 2 aromatic rings. The lowest BCUT2D eigenvalue weighted by Crippen LogP contribution is -2.44. The standard InChI is InChI=1S/C16H19N3S/c1-2-7-15-14(6-1)18-16(20-15)11-19-9-12(10-19)13-5-3-4-8-17-13/h3-5,8,12H,1-2,6-7,9-11H2. The zero-order valence-electron chi connectivity index (χ0n) is 11.6. The molecule has 20 heavy (non-hydrogen) atoms. The third-order valence-electron chi connectivity index (χ3n) is 4.31. The Morgan fingerprint density at radius 3 is 2.90 bits per heavy atom. The van der Waals surface area contributed by atoms with E-state index in [1.807, 2.05) is 23.6 Å². The highest BCUT2D eigenvalue weighted by atomic mass is 32.1. The highest BCUT2D eigenvalue weighted by molar-refractivity contribution is 7.11. The van der Waals surface area contributed by atoms with Gasteiger partial charge in [-0.3, -0.25) is 9.88 Å². The van der Waals surface area contributed by atoms with E-state index in [-0.39, 0.29) is 0 Å². The van der Waals surface area contributed by atoms with Gasteiger partial charge in [0.05, 0.1) is 12.2 Å². The second kappa shape index (κ2) is 5.26. The van der Waals surface area contributed by atoms with E-state index in [0.717, 1.165) is 19.6 Å². The molecule has 2 aliphatic rings. The topological polar surface area (TPSA) is 29.0 Å². The molecular formula is C16H19N3S. The number of rotatable bonds is 3. The number of nitrogens with zero attached hydrogens (tertiary/aromatic N) is 3. The van der Waals surface area contributed by atoms with Gasteiger partial charge in [0, 0.05) is 35.8 Å². The van der Waals surface area contributed by atoms with E-state index in [9.17, 15) is 0 Å². The molecule has 2 aromatic heterocycles. The summed E-state index contributed by atoms with van der Waals surface area (Å²) in [6.45, 7) is 3.28. The molecule has 0 N–H and O–H groups in total. The number of aryl methyl sites for hydroxylation is 2. The summed E-state index contributed by atoms with van der Waals surface area (Å²) in [7, 11) is 0. The van der Waals surface area contributed by atoms with Crippen molar-refractivity contribution in [2.75, 3.05) is 13.1 Å². The van der Waals surface area contributed by atoms with Crippen LogP contribution in [0.4, 0.5) is 0 Å². The molecule has 0 bridgehead atoms. The Bertz CT molecular complexity index is 564. The molecule has 0 atom stereocenters. The van der Waals surface area contributed by atoms with Gasteiger partial charge in [-0.2, -0.15) is 0 Å². The maximum Gasteiger partial charge on any atom is 0.107 e. The van der Waals surface area contributed by atoms with Gasteiger partial charge in [0.25, 0.3) is 0 Å². The van der Waals surface area contributed by atoms with E-state index in [2.05, 4.69) is 22.0 Å². The second-order valence-corrected chi connectivity index (χ2v) is 7.00. The van der Waals surface area contributed by atoms with E-state index in [1.165, 1.54) is 42.1 Å². The Kier molecular flexibility index (Phi) is 3.28. The zero-order chi connectivity index (χ0) is 13.4. The van der Waals surface area contributed by atoms with Gasteiger partial charge in [-0.25, -0.2) is 4.98 Å². The molecule has 4 heteroatoms. The van der Waals surface area contributed by atoms with Crippen molar-refractivity contribution >= 4 is 11.3 Å². The Hall–Kier alpha value is -1.26. The fourth-order valence-electron chi connectivity index (χ4n) is 3.17. The lowest BCUT2D eigenvalue weighted by molar-refractivity contribution is 0.137. The fourth-order valence-corrected chi connectivity index (χ4v) is 4.37. The monoisotopic (exact) mass is 285 g/mol. The minimum atomic E-state index is 0.616. The fraction of sp³-hybridized carbons (Fsp3) is 0.500. The van der Waals surface area contributed by atoms with Crippen molar-refractivity contribution in [2.45, 2.75) is 38.1 Å². The summed E-state index contributed by atoms with van der Waals surface area (Å²) in [5.74, 6) is 0.616. The summed E-state index contributed by atoms with van der Waals surface area (Å²) in [4.78, 5) is 13.3. The van der Waals surface area contributed by atoms with Crippen molar-refractivity contribution in [1.82, 2.24) is 14.9 Å². The summed E-state index contributed by atoms with van der Waals surface area (Å²) in [6.07, 6.45) is 7.01. The number of fused-ring (bicyclic) bond motifs is 1. The lowest BCUT2D eigenvalue weighted by Gasteiger charge is -2.38. The Morgan fingerprint density at radius 1 is 1.20 bits per heavy atom. The average molecular weight is 285 g/mol. The van der Waals surface area contributed by atoms with E-state index in [0.29, 0.717) is 5.92 Å². The number of thiazole rings is 1. The van der Waals surface area contributed by atoms with E-state index >= 15 is 0 Å². The predicted octanol–water partition coefficient (Wildman–Crippen LogP) is 3.02. The second-order valence-electron chi connectivity index (χ2n) is 5.83. The van der Waals surface area contributed by atoms with Crippen molar-refractivity contribution in [3.05, 3.63) is 45.7 Å². The van der Waals surface area contributed by atoms with Gasteiger partial charge in [-0.15, -0.1) is 11.3 Å². The van der Waals surface area contributed by atoms with Crippen LogP contribution in [0.2, 0.25) is 0 Å². The first-order valence-electron chi connectivity index (χ1n) is 7.49. The van der Waals surface area contributed by atoms with Crippen molar-refractivity contribution in [3.63, 3.8) is 0 Å². The quantitative estimate of drug-likeness (QED) is 0.868. The van der Waals surface area contributed by atoms with Gasteiger partial charge in [-0.1, -0.05) is 6.07 Å². The van der Waals surface area contributed by atoms with Crippen LogP contribution >= 0.6 is 11.3 Å². The van der Waals surface area contributed by atoms with Crippen LogP contribution in [0.5, 0.6) is 0 Å². The SMILES string of the molecule is c1ccc(C2CN(Cc3nc4c(s3)CCCC4)C2)nc1. The van der Waals surface area contributed by atoms with Crippen LogP contribution in [-0.2, 0) is 19.4 Å². The smallest absolute Gasteiger partial charge is 0.107 e. The summed E-state index contributed by atoms with van der Waals surface area (Å²) >= 11 is 1.94. The van der Waals surface area contributed by atoms with Crippen molar-refractivity contribution in [2.24, 2.45) is 0 Å². The highest BCUT2D eigenvalue weighted by Crippen LogP contribution is 2.31.